The Labute approximate surface area is 122 Å². The minimum atomic E-state index is -0.0267. The number of hydrogen-bond donors (Lipinski definition) is 1. The van der Waals surface area contributed by atoms with Crippen molar-refractivity contribution in [2.45, 2.75) is 20.4 Å². The van der Waals surface area contributed by atoms with E-state index in [9.17, 15) is 4.79 Å². The van der Waals surface area contributed by atoms with Gasteiger partial charge in [0.25, 0.3) is 5.91 Å². The lowest BCUT2D eigenvalue weighted by molar-refractivity contribution is 0.0963. The summed E-state index contributed by atoms with van der Waals surface area (Å²) in [4.78, 5) is 16.2. The number of hydrogen-bond acceptors (Lipinski definition) is 3. The van der Waals surface area contributed by atoms with Gasteiger partial charge in [0.2, 0.25) is 0 Å². The SMILES string of the molecule is CC.CNC(=O)c1ccc(CN2CCN(C)CC2)cc1. The fourth-order valence-corrected chi connectivity index (χ4v) is 2.17. The van der Waals surface area contributed by atoms with Crippen LogP contribution in [-0.4, -0.2) is 56.0 Å². The van der Waals surface area contributed by atoms with Crippen molar-refractivity contribution in [3.63, 3.8) is 0 Å². The first-order valence-electron chi connectivity index (χ1n) is 7.41. The van der Waals surface area contributed by atoms with E-state index in [1.54, 1.807) is 7.05 Å². The maximum absolute atomic E-state index is 11.4. The summed E-state index contributed by atoms with van der Waals surface area (Å²) in [7, 11) is 3.82. The molecule has 1 aliphatic rings. The van der Waals surface area contributed by atoms with E-state index in [1.807, 2.05) is 38.1 Å². The molecule has 0 unspecified atom stereocenters. The number of nitrogens with one attached hydrogen (secondary N) is 1. The van der Waals surface area contributed by atoms with E-state index in [-0.39, 0.29) is 5.91 Å². The van der Waals surface area contributed by atoms with E-state index < -0.39 is 0 Å². The quantitative estimate of drug-likeness (QED) is 0.915. The molecule has 1 amide bonds. The molecule has 1 fully saturated rings. The summed E-state index contributed by atoms with van der Waals surface area (Å²) in [5.41, 5.74) is 1.99. The van der Waals surface area contributed by atoms with Crippen molar-refractivity contribution >= 4 is 5.91 Å². The third kappa shape index (κ3) is 4.94. The second-order valence-corrected chi connectivity index (χ2v) is 4.86. The normalized spacial score (nSPS) is 16.2. The smallest absolute Gasteiger partial charge is 0.251 e. The van der Waals surface area contributed by atoms with Crippen LogP contribution in [0.1, 0.15) is 29.8 Å². The average Bonchev–Trinajstić information content (AvgIpc) is 2.51. The molecular weight excluding hydrogens is 250 g/mol. The maximum atomic E-state index is 11.4. The summed E-state index contributed by atoms with van der Waals surface area (Å²) in [5.74, 6) is -0.0267. The molecule has 1 aromatic carbocycles. The van der Waals surface area contributed by atoms with Crippen LogP contribution >= 0.6 is 0 Å². The van der Waals surface area contributed by atoms with Gasteiger partial charge in [0.1, 0.15) is 0 Å². The van der Waals surface area contributed by atoms with Gasteiger partial charge < -0.3 is 10.2 Å². The molecule has 0 aromatic heterocycles. The number of amides is 1. The molecule has 0 saturated carbocycles. The molecule has 0 aliphatic carbocycles. The molecule has 4 nitrogen and oxygen atoms in total. The molecule has 1 saturated heterocycles. The molecule has 0 spiro atoms. The van der Waals surface area contributed by atoms with Crippen molar-refractivity contribution in [1.82, 2.24) is 15.1 Å². The van der Waals surface area contributed by atoms with Gasteiger partial charge in [-0.15, -0.1) is 0 Å². The van der Waals surface area contributed by atoms with Gasteiger partial charge in [-0.1, -0.05) is 26.0 Å². The van der Waals surface area contributed by atoms with Crippen LogP contribution in [0, 0.1) is 0 Å². The van der Waals surface area contributed by atoms with E-state index in [1.165, 1.54) is 5.56 Å². The first kappa shape index (κ1) is 16.7. The molecule has 2 rings (SSSR count). The molecule has 112 valence electrons. The summed E-state index contributed by atoms with van der Waals surface area (Å²) in [6.07, 6.45) is 0. The van der Waals surface area contributed by atoms with Crippen molar-refractivity contribution in [3.8, 4) is 0 Å². The van der Waals surface area contributed by atoms with Crippen LogP contribution in [0.3, 0.4) is 0 Å². The lowest BCUT2D eigenvalue weighted by Gasteiger charge is -2.32. The van der Waals surface area contributed by atoms with E-state index in [4.69, 9.17) is 0 Å². The number of carbonyl (C=O) groups excluding carboxylic acids is 1. The molecule has 1 N–H and O–H groups in total. The van der Waals surface area contributed by atoms with Crippen LogP contribution in [0.5, 0.6) is 0 Å². The lowest BCUT2D eigenvalue weighted by atomic mass is 10.1. The Kier molecular flexibility index (Phi) is 7.26. The highest BCUT2D eigenvalue weighted by molar-refractivity contribution is 5.93. The minimum absolute atomic E-state index is 0.0267. The van der Waals surface area contributed by atoms with Gasteiger partial charge in [-0.25, -0.2) is 0 Å². The summed E-state index contributed by atoms with van der Waals surface area (Å²) < 4.78 is 0. The second-order valence-electron chi connectivity index (χ2n) is 4.86. The van der Waals surface area contributed by atoms with Crippen LogP contribution in [0.25, 0.3) is 0 Å². The predicted molar refractivity (Wildman–Crippen MR) is 84.0 cm³/mol. The van der Waals surface area contributed by atoms with Crippen molar-refractivity contribution in [3.05, 3.63) is 35.4 Å². The van der Waals surface area contributed by atoms with Crippen LogP contribution < -0.4 is 5.32 Å². The van der Waals surface area contributed by atoms with Gasteiger partial charge >= 0.3 is 0 Å². The average molecular weight is 277 g/mol. The summed E-state index contributed by atoms with van der Waals surface area (Å²) in [6.45, 7) is 9.48. The number of carbonyl (C=O) groups is 1. The minimum Gasteiger partial charge on any atom is -0.355 e. The Morgan fingerprint density at radius 3 is 2.15 bits per heavy atom. The highest BCUT2D eigenvalue weighted by Gasteiger charge is 2.13. The zero-order chi connectivity index (χ0) is 15.0. The summed E-state index contributed by atoms with van der Waals surface area (Å²) >= 11 is 0. The molecule has 0 radical (unpaired) electrons. The zero-order valence-corrected chi connectivity index (χ0v) is 13.1. The lowest BCUT2D eigenvalue weighted by Crippen LogP contribution is -2.43. The Morgan fingerprint density at radius 2 is 1.65 bits per heavy atom. The van der Waals surface area contributed by atoms with E-state index in [0.29, 0.717) is 0 Å². The molecule has 0 bridgehead atoms. The van der Waals surface area contributed by atoms with E-state index >= 15 is 0 Å². The van der Waals surface area contributed by atoms with Gasteiger partial charge in [0.05, 0.1) is 0 Å². The highest BCUT2D eigenvalue weighted by Crippen LogP contribution is 2.09. The Balaban J connectivity index is 0.000000956. The fraction of sp³-hybridized carbons (Fsp3) is 0.562. The number of piperazine rings is 1. The van der Waals surface area contributed by atoms with Crippen LogP contribution in [0.2, 0.25) is 0 Å². The number of benzene rings is 1. The van der Waals surface area contributed by atoms with E-state index in [2.05, 4.69) is 22.2 Å². The van der Waals surface area contributed by atoms with Gasteiger partial charge in [-0.3, -0.25) is 9.69 Å². The standard InChI is InChI=1S/C14H21N3O.C2H6/c1-15-14(18)13-5-3-12(4-6-13)11-17-9-7-16(2)8-10-17;1-2/h3-6H,7-11H2,1-2H3,(H,15,18);1-2H3. The number of rotatable bonds is 3. The van der Waals surface area contributed by atoms with Crippen LogP contribution in [0.15, 0.2) is 24.3 Å². The van der Waals surface area contributed by atoms with Gasteiger partial charge in [-0.05, 0) is 24.7 Å². The summed E-state index contributed by atoms with van der Waals surface area (Å²) in [5, 5.41) is 2.63. The largest absolute Gasteiger partial charge is 0.355 e. The third-order valence-corrected chi connectivity index (χ3v) is 3.45. The monoisotopic (exact) mass is 277 g/mol. The molecule has 1 aliphatic heterocycles. The molecular formula is C16H27N3O. The topological polar surface area (TPSA) is 35.6 Å². The highest BCUT2D eigenvalue weighted by atomic mass is 16.1. The molecule has 1 heterocycles. The molecule has 4 heteroatoms. The Hall–Kier alpha value is -1.39. The first-order valence-corrected chi connectivity index (χ1v) is 7.41. The Bertz CT molecular complexity index is 395. The van der Waals surface area contributed by atoms with Crippen LogP contribution in [-0.2, 0) is 6.54 Å². The van der Waals surface area contributed by atoms with Gasteiger partial charge in [0.15, 0.2) is 0 Å². The molecule has 0 atom stereocenters. The van der Waals surface area contributed by atoms with Gasteiger partial charge in [0, 0.05) is 45.3 Å². The second kappa shape index (κ2) is 8.72. The van der Waals surface area contributed by atoms with Crippen LogP contribution in [0.4, 0.5) is 0 Å². The van der Waals surface area contributed by atoms with Crippen molar-refractivity contribution in [2.75, 3.05) is 40.3 Å². The van der Waals surface area contributed by atoms with Crippen molar-refractivity contribution in [1.29, 1.82) is 0 Å². The maximum Gasteiger partial charge on any atom is 0.251 e. The van der Waals surface area contributed by atoms with Gasteiger partial charge in [-0.2, -0.15) is 0 Å². The number of likely N-dealkylation sites (N-methyl/N-ethyl adjacent to an activating group) is 1. The first-order chi connectivity index (χ1) is 9.69. The summed E-state index contributed by atoms with van der Waals surface area (Å²) in [6, 6.07) is 7.88. The Morgan fingerprint density at radius 1 is 1.10 bits per heavy atom. The molecule has 1 aromatic rings. The predicted octanol–water partition coefficient (Wildman–Crippen LogP) is 1.82. The fourth-order valence-electron chi connectivity index (χ4n) is 2.17. The van der Waals surface area contributed by atoms with Crippen molar-refractivity contribution in [2.24, 2.45) is 0 Å². The third-order valence-electron chi connectivity index (χ3n) is 3.45. The molecule has 20 heavy (non-hydrogen) atoms. The van der Waals surface area contributed by atoms with Crippen molar-refractivity contribution < 1.29 is 4.79 Å². The zero-order valence-electron chi connectivity index (χ0n) is 13.1. The number of nitrogens with zero attached hydrogens (tertiary/aromatic N) is 2. The van der Waals surface area contributed by atoms with E-state index in [0.717, 1.165) is 38.3 Å².